The predicted molar refractivity (Wildman–Crippen MR) is 104 cm³/mol. The average molecular weight is 396 g/mol. The van der Waals surface area contributed by atoms with Gasteiger partial charge in [0, 0.05) is 24.2 Å². The molecule has 1 aliphatic rings. The number of ketones is 1. The fourth-order valence-electron chi connectivity index (χ4n) is 3.37. The fraction of sp³-hybridized carbons (Fsp3) is 0.250. The number of hydrogen-bond donors (Lipinski definition) is 0. The molecule has 3 aromatic rings. The van der Waals surface area contributed by atoms with Crippen molar-refractivity contribution in [3.8, 4) is 11.3 Å². The van der Waals surface area contributed by atoms with Gasteiger partial charge in [0.1, 0.15) is 5.69 Å². The van der Waals surface area contributed by atoms with Gasteiger partial charge in [0.05, 0.1) is 17.1 Å². The van der Waals surface area contributed by atoms with Gasteiger partial charge in [-0.15, -0.1) is 5.10 Å². The summed E-state index contributed by atoms with van der Waals surface area (Å²) >= 11 is 0. The SMILES string of the molecule is CC(=O)c1cccc(S(=O)(=O)N2CCC(n3cc(-c4ccccc4)nn3)C2)c1. The van der Waals surface area contributed by atoms with Crippen molar-refractivity contribution in [2.45, 2.75) is 24.3 Å². The van der Waals surface area contributed by atoms with Gasteiger partial charge >= 0.3 is 0 Å². The van der Waals surface area contributed by atoms with Gasteiger partial charge in [-0.3, -0.25) is 4.79 Å². The Labute approximate surface area is 163 Å². The molecule has 144 valence electrons. The lowest BCUT2D eigenvalue weighted by Gasteiger charge is -2.17. The molecule has 1 aliphatic heterocycles. The molecule has 0 N–H and O–H groups in total. The number of sulfonamides is 1. The molecule has 7 nitrogen and oxygen atoms in total. The number of rotatable bonds is 5. The first kappa shape index (κ1) is 18.5. The number of carbonyl (C=O) groups is 1. The first-order valence-corrected chi connectivity index (χ1v) is 10.5. The van der Waals surface area contributed by atoms with Crippen LogP contribution in [0.5, 0.6) is 0 Å². The van der Waals surface area contributed by atoms with Crippen LogP contribution in [-0.4, -0.2) is 46.6 Å². The van der Waals surface area contributed by atoms with E-state index in [1.807, 2.05) is 36.5 Å². The molecule has 28 heavy (non-hydrogen) atoms. The van der Waals surface area contributed by atoms with Crippen LogP contribution in [0.4, 0.5) is 0 Å². The van der Waals surface area contributed by atoms with Crippen LogP contribution in [0.25, 0.3) is 11.3 Å². The lowest BCUT2D eigenvalue weighted by molar-refractivity contribution is 0.101. The predicted octanol–water partition coefficient (Wildman–Crippen LogP) is 2.78. The number of nitrogens with zero attached hydrogens (tertiary/aromatic N) is 4. The first-order valence-electron chi connectivity index (χ1n) is 9.03. The van der Waals surface area contributed by atoms with Gasteiger partial charge < -0.3 is 0 Å². The molecule has 0 radical (unpaired) electrons. The summed E-state index contributed by atoms with van der Waals surface area (Å²) in [5.41, 5.74) is 2.12. The lowest BCUT2D eigenvalue weighted by atomic mass is 10.2. The van der Waals surface area contributed by atoms with Crippen LogP contribution >= 0.6 is 0 Å². The molecule has 1 aromatic heterocycles. The quantitative estimate of drug-likeness (QED) is 0.619. The van der Waals surface area contributed by atoms with Crippen LogP contribution < -0.4 is 0 Å². The number of Topliss-reactive ketones (excluding diaryl/α,β-unsaturated/α-hetero) is 1. The number of aromatic nitrogens is 3. The van der Waals surface area contributed by atoms with E-state index in [0.29, 0.717) is 25.1 Å². The molecule has 0 amide bonds. The summed E-state index contributed by atoms with van der Waals surface area (Å²) in [6.07, 6.45) is 2.51. The normalized spacial score (nSPS) is 17.7. The highest BCUT2D eigenvalue weighted by Crippen LogP contribution is 2.28. The standard InChI is InChI=1S/C20H20N4O3S/c1-15(25)17-8-5-9-19(12-17)28(26,27)23-11-10-18(13-23)24-14-20(21-22-24)16-6-3-2-4-7-16/h2-9,12,14,18H,10-11,13H2,1H3. The van der Waals surface area contributed by atoms with E-state index in [4.69, 9.17) is 0 Å². The third-order valence-corrected chi connectivity index (χ3v) is 6.82. The van der Waals surface area contributed by atoms with Crippen molar-refractivity contribution in [2.24, 2.45) is 0 Å². The zero-order chi connectivity index (χ0) is 19.7. The maximum Gasteiger partial charge on any atom is 0.243 e. The van der Waals surface area contributed by atoms with Gasteiger partial charge in [-0.25, -0.2) is 13.1 Å². The maximum absolute atomic E-state index is 13.0. The largest absolute Gasteiger partial charge is 0.295 e. The van der Waals surface area contributed by atoms with E-state index in [0.717, 1.165) is 11.3 Å². The molecular weight excluding hydrogens is 376 g/mol. The second-order valence-corrected chi connectivity index (χ2v) is 8.78. The van der Waals surface area contributed by atoms with E-state index in [2.05, 4.69) is 10.3 Å². The second-order valence-electron chi connectivity index (χ2n) is 6.84. The summed E-state index contributed by atoms with van der Waals surface area (Å²) in [7, 11) is -3.66. The van der Waals surface area contributed by atoms with E-state index >= 15 is 0 Å². The van der Waals surface area contributed by atoms with Crippen LogP contribution in [0.3, 0.4) is 0 Å². The summed E-state index contributed by atoms with van der Waals surface area (Å²) in [6, 6.07) is 15.8. The van der Waals surface area contributed by atoms with Crippen LogP contribution in [-0.2, 0) is 10.0 Å². The van der Waals surface area contributed by atoms with Crippen LogP contribution in [0.1, 0.15) is 29.7 Å². The third-order valence-electron chi connectivity index (χ3n) is 4.96. The Morgan fingerprint density at radius 3 is 2.64 bits per heavy atom. The third kappa shape index (κ3) is 3.48. The highest BCUT2D eigenvalue weighted by molar-refractivity contribution is 7.89. The average Bonchev–Trinajstić information content (AvgIpc) is 3.38. The summed E-state index contributed by atoms with van der Waals surface area (Å²) in [5, 5.41) is 8.42. The molecule has 1 saturated heterocycles. The van der Waals surface area contributed by atoms with Crippen molar-refractivity contribution < 1.29 is 13.2 Å². The summed E-state index contributed by atoms with van der Waals surface area (Å²) in [5.74, 6) is -0.160. The van der Waals surface area contributed by atoms with E-state index in [-0.39, 0.29) is 16.7 Å². The van der Waals surface area contributed by atoms with Crippen molar-refractivity contribution in [1.29, 1.82) is 0 Å². The van der Waals surface area contributed by atoms with Crippen molar-refractivity contribution in [3.05, 3.63) is 66.4 Å². The van der Waals surface area contributed by atoms with Crippen LogP contribution in [0.15, 0.2) is 65.7 Å². The van der Waals surface area contributed by atoms with Gasteiger partial charge in [0.2, 0.25) is 10.0 Å². The van der Waals surface area contributed by atoms with Crippen molar-refractivity contribution in [1.82, 2.24) is 19.3 Å². The van der Waals surface area contributed by atoms with Gasteiger partial charge in [-0.2, -0.15) is 4.31 Å². The van der Waals surface area contributed by atoms with Crippen molar-refractivity contribution >= 4 is 15.8 Å². The number of carbonyl (C=O) groups excluding carboxylic acids is 1. The van der Waals surface area contributed by atoms with E-state index < -0.39 is 10.0 Å². The highest BCUT2D eigenvalue weighted by Gasteiger charge is 2.34. The topological polar surface area (TPSA) is 85.2 Å². The first-order chi connectivity index (χ1) is 13.4. The molecular formula is C20H20N4O3S. The molecule has 2 heterocycles. The molecule has 8 heteroatoms. The molecule has 1 unspecified atom stereocenters. The maximum atomic E-state index is 13.0. The van der Waals surface area contributed by atoms with Gasteiger partial charge in [0.15, 0.2) is 5.78 Å². The second kappa shape index (κ2) is 7.29. The minimum absolute atomic E-state index is 0.0734. The molecule has 1 atom stereocenters. The zero-order valence-corrected chi connectivity index (χ0v) is 16.2. The highest BCUT2D eigenvalue weighted by atomic mass is 32.2. The molecule has 0 aliphatic carbocycles. The Bertz CT molecular complexity index is 1110. The van der Waals surface area contributed by atoms with Crippen LogP contribution in [0, 0.1) is 0 Å². The molecule has 2 aromatic carbocycles. The summed E-state index contributed by atoms with van der Waals surface area (Å²) in [4.78, 5) is 11.7. The minimum atomic E-state index is -3.66. The number of benzene rings is 2. The summed E-state index contributed by atoms with van der Waals surface area (Å²) < 4.78 is 29.1. The monoisotopic (exact) mass is 396 g/mol. The van der Waals surface area contributed by atoms with Gasteiger partial charge in [-0.1, -0.05) is 47.7 Å². The molecule has 0 bridgehead atoms. The summed E-state index contributed by atoms with van der Waals surface area (Å²) in [6.45, 7) is 2.15. The Morgan fingerprint density at radius 1 is 1.11 bits per heavy atom. The van der Waals surface area contributed by atoms with Gasteiger partial charge in [0.25, 0.3) is 0 Å². The number of hydrogen-bond acceptors (Lipinski definition) is 5. The van der Waals surface area contributed by atoms with Crippen molar-refractivity contribution in [2.75, 3.05) is 13.1 Å². The smallest absolute Gasteiger partial charge is 0.243 e. The zero-order valence-electron chi connectivity index (χ0n) is 15.4. The lowest BCUT2D eigenvalue weighted by Crippen LogP contribution is -2.29. The van der Waals surface area contributed by atoms with Crippen LogP contribution in [0.2, 0.25) is 0 Å². The van der Waals surface area contributed by atoms with E-state index in [1.165, 1.54) is 23.4 Å². The Morgan fingerprint density at radius 2 is 1.89 bits per heavy atom. The molecule has 0 saturated carbocycles. The minimum Gasteiger partial charge on any atom is -0.295 e. The van der Waals surface area contributed by atoms with Crippen molar-refractivity contribution in [3.63, 3.8) is 0 Å². The Balaban J connectivity index is 1.53. The molecule has 4 rings (SSSR count). The Hall–Kier alpha value is -2.84. The fourth-order valence-corrected chi connectivity index (χ4v) is 4.90. The van der Waals surface area contributed by atoms with Gasteiger partial charge in [-0.05, 0) is 25.5 Å². The Kier molecular flexibility index (Phi) is 4.82. The van der Waals surface area contributed by atoms with E-state index in [1.54, 1.807) is 16.8 Å². The molecule has 1 fully saturated rings. The molecule has 0 spiro atoms. The van der Waals surface area contributed by atoms with E-state index in [9.17, 15) is 13.2 Å².